The average molecular weight is 310 g/mol. The lowest BCUT2D eigenvalue weighted by atomic mass is 10.1. The van der Waals surface area contributed by atoms with Crippen molar-refractivity contribution >= 4 is 17.3 Å². The summed E-state index contributed by atoms with van der Waals surface area (Å²) in [6, 6.07) is 6.99. The highest BCUT2D eigenvalue weighted by atomic mass is 35.5. The van der Waals surface area contributed by atoms with Crippen LogP contribution in [0.4, 0.5) is 5.69 Å². The Hall–Kier alpha value is -0.770. The summed E-state index contributed by atoms with van der Waals surface area (Å²) in [6.07, 6.45) is 3.79. The maximum Gasteiger partial charge on any atom is 0.0642 e. The van der Waals surface area contributed by atoms with Crippen molar-refractivity contribution < 1.29 is 0 Å². The van der Waals surface area contributed by atoms with Crippen LogP contribution < -0.4 is 10.2 Å². The minimum Gasteiger partial charge on any atom is -0.370 e. The molecule has 0 heterocycles. The number of hydrogen-bond acceptors (Lipinski definition) is 3. The quantitative estimate of drug-likeness (QED) is 0.754. The molecule has 1 aliphatic carbocycles. The van der Waals surface area contributed by atoms with Crippen LogP contribution >= 0.6 is 11.6 Å². The van der Waals surface area contributed by atoms with Crippen LogP contribution in [0.3, 0.4) is 0 Å². The third-order valence-electron chi connectivity index (χ3n) is 3.96. The van der Waals surface area contributed by atoms with Gasteiger partial charge in [-0.05, 0) is 58.5 Å². The van der Waals surface area contributed by atoms with Gasteiger partial charge in [0, 0.05) is 25.7 Å². The molecule has 1 aromatic carbocycles. The monoisotopic (exact) mass is 309 g/mol. The van der Waals surface area contributed by atoms with Crippen molar-refractivity contribution in [2.75, 3.05) is 38.6 Å². The van der Waals surface area contributed by atoms with Crippen LogP contribution in [-0.4, -0.2) is 44.7 Å². The Morgan fingerprint density at radius 3 is 2.62 bits per heavy atom. The first-order valence-electron chi connectivity index (χ1n) is 8.02. The number of halogens is 1. The van der Waals surface area contributed by atoms with Crippen molar-refractivity contribution in [1.82, 2.24) is 10.2 Å². The molecule has 0 bridgehead atoms. The van der Waals surface area contributed by atoms with Crippen LogP contribution in [-0.2, 0) is 6.54 Å². The van der Waals surface area contributed by atoms with Gasteiger partial charge in [0.05, 0.1) is 10.7 Å². The summed E-state index contributed by atoms with van der Waals surface area (Å²) in [5.74, 6) is 0. The fourth-order valence-electron chi connectivity index (χ4n) is 2.60. The van der Waals surface area contributed by atoms with Gasteiger partial charge in [0.25, 0.3) is 0 Å². The second kappa shape index (κ2) is 8.02. The summed E-state index contributed by atoms with van der Waals surface area (Å²) in [5.41, 5.74) is 2.54. The molecule has 1 N–H and O–H groups in total. The van der Waals surface area contributed by atoms with E-state index in [4.69, 9.17) is 11.6 Å². The molecule has 1 aliphatic rings. The van der Waals surface area contributed by atoms with Crippen LogP contribution in [0.25, 0.3) is 0 Å². The van der Waals surface area contributed by atoms with Crippen molar-refractivity contribution in [3.8, 4) is 0 Å². The average Bonchev–Trinajstić information content (AvgIpc) is 3.26. The predicted octanol–water partition coefficient (Wildman–Crippen LogP) is 3.37. The zero-order valence-electron chi connectivity index (χ0n) is 13.5. The van der Waals surface area contributed by atoms with E-state index in [1.54, 1.807) is 0 Å². The Kier molecular flexibility index (Phi) is 6.34. The molecule has 0 saturated heterocycles. The number of para-hydroxylation sites is 1. The van der Waals surface area contributed by atoms with E-state index in [9.17, 15) is 0 Å². The number of hydrogen-bond donors (Lipinski definition) is 1. The van der Waals surface area contributed by atoms with Gasteiger partial charge >= 0.3 is 0 Å². The second-order valence-corrected chi connectivity index (χ2v) is 6.55. The minimum absolute atomic E-state index is 0.723. The van der Waals surface area contributed by atoms with Crippen LogP contribution in [0.1, 0.15) is 31.7 Å². The molecule has 0 radical (unpaired) electrons. The van der Waals surface area contributed by atoms with E-state index in [1.807, 2.05) is 6.07 Å². The van der Waals surface area contributed by atoms with Gasteiger partial charge in [-0.3, -0.25) is 0 Å². The van der Waals surface area contributed by atoms with Crippen molar-refractivity contribution in [3.05, 3.63) is 28.8 Å². The van der Waals surface area contributed by atoms with Crippen LogP contribution in [0.2, 0.25) is 5.02 Å². The second-order valence-electron chi connectivity index (χ2n) is 6.14. The number of anilines is 1. The summed E-state index contributed by atoms with van der Waals surface area (Å²) in [6.45, 7) is 6.28. The molecule has 0 aromatic heterocycles. The molecule has 0 spiro atoms. The van der Waals surface area contributed by atoms with E-state index >= 15 is 0 Å². The number of rotatable bonds is 9. The van der Waals surface area contributed by atoms with Gasteiger partial charge in [-0.1, -0.05) is 23.7 Å². The summed E-state index contributed by atoms with van der Waals surface area (Å²) >= 11 is 6.50. The van der Waals surface area contributed by atoms with Crippen LogP contribution in [0.15, 0.2) is 18.2 Å². The Bertz CT molecular complexity index is 444. The van der Waals surface area contributed by atoms with E-state index in [0.29, 0.717) is 0 Å². The van der Waals surface area contributed by atoms with Gasteiger partial charge in [0.2, 0.25) is 0 Å². The van der Waals surface area contributed by atoms with Gasteiger partial charge in [-0.25, -0.2) is 0 Å². The van der Waals surface area contributed by atoms with Gasteiger partial charge in [0.1, 0.15) is 0 Å². The van der Waals surface area contributed by atoms with Crippen molar-refractivity contribution in [3.63, 3.8) is 0 Å². The molecule has 1 saturated carbocycles. The first-order valence-corrected chi connectivity index (χ1v) is 8.40. The van der Waals surface area contributed by atoms with Gasteiger partial charge in [-0.2, -0.15) is 0 Å². The van der Waals surface area contributed by atoms with Gasteiger partial charge in [0.15, 0.2) is 0 Å². The molecular weight excluding hydrogens is 282 g/mol. The van der Waals surface area contributed by atoms with Gasteiger partial charge in [-0.15, -0.1) is 0 Å². The zero-order valence-corrected chi connectivity index (χ0v) is 14.3. The first kappa shape index (κ1) is 16.6. The number of benzene rings is 1. The lowest BCUT2D eigenvalue weighted by Crippen LogP contribution is -2.29. The highest BCUT2D eigenvalue weighted by molar-refractivity contribution is 6.33. The Morgan fingerprint density at radius 2 is 2.00 bits per heavy atom. The Morgan fingerprint density at radius 1 is 1.24 bits per heavy atom. The molecule has 0 aliphatic heterocycles. The maximum absolute atomic E-state index is 6.50. The van der Waals surface area contributed by atoms with Crippen molar-refractivity contribution in [1.29, 1.82) is 0 Å². The normalized spacial score (nSPS) is 14.7. The van der Waals surface area contributed by atoms with E-state index in [2.05, 4.69) is 48.3 Å². The molecule has 1 fully saturated rings. The molecule has 4 heteroatoms. The summed E-state index contributed by atoms with van der Waals surface area (Å²) in [7, 11) is 4.24. The van der Waals surface area contributed by atoms with Crippen molar-refractivity contribution in [2.45, 2.75) is 38.8 Å². The number of nitrogens with zero attached hydrogens (tertiary/aromatic N) is 2. The maximum atomic E-state index is 6.50. The highest BCUT2D eigenvalue weighted by Gasteiger charge is 2.21. The largest absolute Gasteiger partial charge is 0.370 e. The molecule has 0 atom stereocenters. The molecule has 21 heavy (non-hydrogen) atoms. The first-order chi connectivity index (χ1) is 10.1. The smallest absolute Gasteiger partial charge is 0.0642 e. The zero-order chi connectivity index (χ0) is 15.2. The lowest BCUT2D eigenvalue weighted by Gasteiger charge is -2.27. The fraction of sp³-hybridized carbons (Fsp3) is 0.647. The number of nitrogens with one attached hydrogen (secondary N) is 1. The van der Waals surface area contributed by atoms with Gasteiger partial charge < -0.3 is 15.1 Å². The summed E-state index contributed by atoms with van der Waals surface area (Å²) in [4.78, 5) is 4.64. The van der Waals surface area contributed by atoms with Crippen LogP contribution in [0.5, 0.6) is 0 Å². The molecule has 3 nitrogen and oxygen atoms in total. The minimum atomic E-state index is 0.723. The van der Waals surface area contributed by atoms with E-state index < -0.39 is 0 Å². The Balaban J connectivity index is 2.05. The fourth-order valence-corrected chi connectivity index (χ4v) is 2.92. The molecule has 2 rings (SSSR count). The van der Waals surface area contributed by atoms with Crippen molar-refractivity contribution in [2.24, 2.45) is 0 Å². The van der Waals surface area contributed by atoms with E-state index in [0.717, 1.165) is 43.7 Å². The Labute approximate surface area is 134 Å². The molecular formula is C17H28ClN3. The van der Waals surface area contributed by atoms with E-state index in [1.165, 1.54) is 24.1 Å². The highest BCUT2D eigenvalue weighted by Crippen LogP contribution is 2.31. The standard InChI is InChI=1S/C17H28ClN3/c1-4-21(12-6-11-20(2)3)17-14(7-5-8-16(17)18)13-19-15-9-10-15/h5,7-8,15,19H,4,6,9-13H2,1-3H3. The SMILES string of the molecule is CCN(CCCN(C)C)c1c(Cl)cccc1CNC1CC1. The lowest BCUT2D eigenvalue weighted by molar-refractivity contribution is 0.400. The van der Waals surface area contributed by atoms with E-state index in [-0.39, 0.29) is 0 Å². The molecule has 0 unspecified atom stereocenters. The predicted molar refractivity (Wildman–Crippen MR) is 92.4 cm³/mol. The third kappa shape index (κ3) is 5.17. The molecule has 118 valence electrons. The molecule has 0 amide bonds. The topological polar surface area (TPSA) is 18.5 Å². The summed E-state index contributed by atoms with van der Waals surface area (Å²) in [5, 5.41) is 4.47. The van der Waals surface area contributed by atoms with Crippen LogP contribution in [0, 0.1) is 0 Å². The molecule has 1 aromatic rings. The third-order valence-corrected chi connectivity index (χ3v) is 4.27. The summed E-state index contributed by atoms with van der Waals surface area (Å²) < 4.78 is 0.